The zero-order valence-electron chi connectivity index (χ0n) is 27.0. The van der Waals surface area contributed by atoms with E-state index in [1.54, 1.807) is 0 Å². The molecule has 0 aliphatic rings. The summed E-state index contributed by atoms with van der Waals surface area (Å²) in [5.41, 5.74) is 9.41. The van der Waals surface area contributed by atoms with Gasteiger partial charge in [-0.15, -0.1) is 0 Å². The number of nitrogens with zero attached hydrogens (tertiary/aromatic N) is 5. The molecule has 3 aromatic heterocycles. The zero-order chi connectivity index (χ0) is 33.0. The fourth-order valence-corrected chi connectivity index (χ4v) is 7.34. The van der Waals surface area contributed by atoms with Crippen LogP contribution < -0.4 is 0 Å². The highest BCUT2D eigenvalue weighted by atomic mass is 15.2. The monoisotopic (exact) mass is 639 g/mol. The van der Waals surface area contributed by atoms with E-state index in [1.807, 2.05) is 24.3 Å². The molecular formula is C45H29N5. The zero-order valence-corrected chi connectivity index (χ0v) is 27.0. The number of rotatable bonds is 5. The molecule has 234 valence electrons. The van der Waals surface area contributed by atoms with Gasteiger partial charge in [-0.05, 0) is 47.5 Å². The van der Waals surface area contributed by atoms with Gasteiger partial charge in [0, 0.05) is 32.7 Å². The maximum absolute atomic E-state index is 5.36. The average Bonchev–Trinajstić information content (AvgIpc) is 3.71. The van der Waals surface area contributed by atoms with Gasteiger partial charge in [-0.2, -0.15) is 9.97 Å². The van der Waals surface area contributed by atoms with Gasteiger partial charge in [0.15, 0.2) is 11.6 Å². The Hall–Kier alpha value is -6.85. The van der Waals surface area contributed by atoms with Gasteiger partial charge in [0.25, 0.3) is 0 Å². The molecule has 0 atom stereocenters. The Morgan fingerprint density at radius 2 is 0.760 bits per heavy atom. The topological polar surface area (TPSA) is 48.5 Å². The Kier molecular flexibility index (Phi) is 6.42. The Balaban J connectivity index is 1.32. The maximum Gasteiger partial charge on any atom is 0.238 e. The molecule has 0 radical (unpaired) electrons. The quantitative estimate of drug-likeness (QED) is 0.188. The molecular weight excluding hydrogens is 611 g/mol. The second kappa shape index (κ2) is 11.4. The summed E-state index contributed by atoms with van der Waals surface area (Å²) in [5, 5.41) is 4.72. The molecule has 0 aliphatic carbocycles. The molecule has 0 fully saturated rings. The van der Waals surface area contributed by atoms with Gasteiger partial charge in [0.05, 0.1) is 27.8 Å². The maximum atomic E-state index is 5.36. The van der Waals surface area contributed by atoms with Crippen LogP contribution in [-0.2, 0) is 0 Å². The van der Waals surface area contributed by atoms with Crippen molar-refractivity contribution < 1.29 is 0 Å². The lowest BCUT2D eigenvalue weighted by molar-refractivity contribution is 0.952. The predicted octanol–water partition coefficient (Wildman–Crippen LogP) is 11.1. The minimum Gasteiger partial charge on any atom is -0.309 e. The van der Waals surface area contributed by atoms with E-state index in [4.69, 9.17) is 15.0 Å². The fourth-order valence-electron chi connectivity index (χ4n) is 7.34. The van der Waals surface area contributed by atoms with Crippen LogP contribution in [0.3, 0.4) is 0 Å². The van der Waals surface area contributed by atoms with E-state index in [9.17, 15) is 0 Å². The molecule has 0 N–H and O–H groups in total. The minimum absolute atomic E-state index is 0.574. The normalized spacial score (nSPS) is 11.6. The third kappa shape index (κ3) is 4.45. The van der Waals surface area contributed by atoms with Crippen molar-refractivity contribution in [2.45, 2.75) is 0 Å². The summed E-state index contributed by atoms with van der Waals surface area (Å²) in [6.07, 6.45) is 0. The van der Waals surface area contributed by atoms with Gasteiger partial charge in [0.1, 0.15) is 0 Å². The van der Waals surface area contributed by atoms with Gasteiger partial charge in [-0.25, -0.2) is 4.98 Å². The third-order valence-corrected chi connectivity index (χ3v) is 9.60. The Morgan fingerprint density at radius 1 is 0.320 bits per heavy atom. The van der Waals surface area contributed by atoms with Crippen LogP contribution in [0.1, 0.15) is 0 Å². The van der Waals surface area contributed by atoms with E-state index in [2.05, 4.69) is 161 Å². The second-order valence-corrected chi connectivity index (χ2v) is 12.5. The first-order valence-electron chi connectivity index (χ1n) is 16.8. The molecule has 0 saturated heterocycles. The van der Waals surface area contributed by atoms with E-state index in [1.165, 1.54) is 10.8 Å². The van der Waals surface area contributed by atoms with Crippen molar-refractivity contribution in [3.63, 3.8) is 0 Å². The van der Waals surface area contributed by atoms with Crippen LogP contribution in [-0.4, -0.2) is 24.1 Å². The fraction of sp³-hybridized carbons (Fsp3) is 0. The van der Waals surface area contributed by atoms with E-state index >= 15 is 0 Å². The number of para-hydroxylation sites is 4. The van der Waals surface area contributed by atoms with Gasteiger partial charge in [0.2, 0.25) is 5.95 Å². The summed E-state index contributed by atoms with van der Waals surface area (Å²) in [5.74, 6) is 1.79. The van der Waals surface area contributed by atoms with Crippen LogP contribution in [0.5, 0.6) is 0 Å². The van der Waals surface area contributed by atoms with Crippen molar-refractivity contribution in [2.75, 3.05) is 0 Å². The van der Waals surface area contributed by atoms with Crippen LogP contribution in [0.15, 0.2) is 176 Å². The number of hydrogen-bond donors (Lipinski definition) is 0. The summed E-state index contributed by atoms with van der Waals surface area (Å²) >= 11 is 0. The van der Waals surface area contributed by atoms with Crippen molar-refractivity contribution >= 4 is 43.6 Å². The summed E-state index contributed by atoms with van der Waals surface area (Å²) in [7, 11) is 0. The summed E-state index contributed by atoms with van der Waals surface area (Å²) in [6.45, 7) is 0. The Labute approximate surface area is 288 Å². The first kappa shape index (κ1) is 28.2. The average molecular weight is 640 g/mol. The number of aromatic nitrogens is 5. The number of benzene rings is 7. The Bertz CT molecular complexity index is 2760. The molecule has 0 unspecified atom stereocenters. The summed E-state index contributed by atoms with van der Waals surface area (Å²) < 4.78 is 4.52. The van der Waals surface area contributed by atoms with E-state index in [0.29, 0.717) is 17.6 Å². The van der Waals surface area contributed by atoms with Crippen molar-refractivity contribution in [3.05, 3.63) is 176 Å². The molecule has 0 spiro atoms. The van der Waals surface area contributed by atoms with Gasteiger partial charge in [-0.3, -0.25) is 4.57 Å². The van der Waals surface area contributed by atoms with Crippen LogP contribution >= 0.6 is 0 Å². The third-order valence-electron chi connectivity index (χ3n) is 9.60. The molecule has 0 amide bonds. The molecule has 0 saturated carbocycles. The van der Waals surface area contributed by atoms with Gasteiger partial charge >= 0.3 is 0 Å². The minimum atomic E-state index is 0.574. The highest BCUT2D eigenvalue weighted by Gasteiger charge is 2.21. The SMILES string of the molecule is c1ccc(-c2ccc(-n3c4ccccc4c4ccccc43)c(-c3nc(-c4ccccc4)nc(-n4c5ccccc5c5ccccc54)n3)c2)cc1. The number of hydrogen-bond acceptors (Lipinski definition) is 3. The van der Waals surface area contributed by atoms with E-state index in [-0.39, 0.29) is 0 Å². The summed E-state index contributed by atoms with van der Waals surface area (Å²) in [6, 6.07) is 61.4. The first-order valence-corrected chi connectivity index (χ1v) is 16.8. The van der Waals surface area contributed by atoms with Crippen LogP contribution in [0.25, 0.3) is 89.2 Å². The van der Waals surface area contributed by atoms with Gasteiger partial charge in [-0.1, -0.05) is 140 Å². The standard InChI is InChI=1S/C45H29N5/c1-3-15-30(16-4-1)32-27-28-42(49-38-23-11-7-19-33(38)34-20-8-12-24-39(34)49)37(29-32)44-46-43(31-17-5-2-6-18-31)47-45(48-44)50-40-25-13-9-21-35(40)36-22-10-14-26-41(36)50/h1-29H. The van der Waals surface area contributed by atoms with Crippen LogP contribution in [0.4, 0.5) is 0 Å². The molecule has 50 heavy (non-hydrogen) atoms. The molecule has 0 bridgehead atoms. The second-order valence-electron chi connectivity index (χ2n) is 12.5. The van der Waals surface area contributed by atoms with Crippen molar-refractivity contribution in [1.29, 1.82) is 0 Å². The molecule has 10 rings (SSSR count). The first-order chi connectivity index (χ1) is 24.8. The highest BCUT2D eigenvalue weighted by Crippen LogP contribution is 2.38. The number of fused-ring (bicyclic) bond motifs is 6. The van der Waals surface area contributed by atoms with Crippen molar-refractivity contribution in [2.24, 2.45) is 0 Å². The molecule has 5 heteroatoms. The lowest BCUT2D eigenvalue weighted by Gasteiger charge is -2.16. The molecule has 0 aliphatic heterocycles. The molecule has 7 aromatic carbocycles. The smallest absolute Gasteiger partial charge is 0.238 e. The largest absolute Gasteiger partial charge is 0.309 e. The van der Waals surface area contributed by atoms with E-state index < -0.39 is 0 Å². The van der Waals surface area contributed by atoms with Gasteiger partial charge < -0.3 is 4.57 Å². The Morgan fingerprint density at radius 3 is 1.30 bits per heavy atom. The van der Waals surface area contributed by atoms with Crippen molar-refractivity contribution in [3.8, 4) is 45.5 Å². The summed E-state index contributed by atoms with van der Waals surface area (Å²) in [4.78, 5) is 15.8. The van der Waals surface area contributed by atoms with Crippen LogP contribution in [0.2, 0.25) is 0 Å². The van der Waals surface area contributed by atoms with E-state index in [0.717, 1.165) is 60.8 Å². The molecule has 5 nitrogen and oxygen atoms in total. The lowest BCUT2D eigenvalue weighted by atomic mass is 10.0. The van der Waals surface area contributed by atoms with Crippen LogP contribution in [0, 0.1) is 0 Å². The van der Waals surface area contributed by atoms with Crippen molar-refractivity contribution in [1.82, 2.24) is 24.1 Å². The molecule has 10 aromatic rings. The predicted molar refractivity (Wildman–Crippen MR) is 205 cm³/mol. The molecule has 3 heterocycles. The highest BCUT2D eigenvalue weighted by molar-refractivity contribution is 6.10. The lowest BCUT2D eigenvalue weighted by Crippen LogP contribution is -2.08.